The van der Waals surface area contributed by atoms with Gasteiger partial charge < -0.3 is 10.1 Å². The van der Waals surface area contributed by atoms with Crippen molar-refractivity contribution in [2.24, 2.45) is 5.92 Å². The summed E-state index contributed by atoms with van der Waals surface area (Å²) in [5, 5.41) is 3.28. The quantitative estimate of drug-likeness (QED) is 0.768. The zero-order chi connectivity index (χ0) is 14.9. The molecular weight excluding hydrogens is 326 g/mol. The van der Waals surface area contributed by atoms with Crippen molar-refractivity contribution >= 4 is 15.9 Å². The lowest BCUT2D eigenvalue weighted by molar-refractivity contribution is 0.275. The van der Waals surface area contributed by atoms with Gasteiger partial charge in [0, 0.05) is 4.47 Å². The van der Waals surface area contributed by atoms with Crippen molar-refractivity contribution < 1.29 is 4.74 Å². The van der Waals surface area contributed by atoms with E-state index in [9.17, 15) is 0 Å². The Morgan fingerprint density at radius 3 is 2.43 bits per heavy atom. The Kier molecular flexibility index (Phi) is 6.77. The van der Waals surface area contributed by atoms with Gasteiger partial charge in [0.25, 0.3) is 0 Å². The van der Waals surface area contributed by atoms with Crippen LogP contribution in [-0.4, -0.2) is 20.2 Å². The minimum absolute atomic E-state index is 0.591. The van der Waals surface area contributed by atoms with Crippen LogP contribution in [-0.2, 0) is 6.42 Å². The van der Waals surface area contributed by atoms with Gasteiger partial charge in [-0.3, -0.25) is 0 Å². The molecule has 21 heavy (non-hydrogen) atoms. The minimum Gasteiger partial charge on any atom is -0.494 e. The smallest absolute Gasteiger partial charge is 0.119 e. The number of halogens is 1. The van der Waals surface area contributed by atoms with Crippen molar-refractivity contribution in [1.29, 1.82) is 0 Å². The molecule has 0 radical (unpaired) electrons. The highest BCUT2D eigenvalue weighted by molar-refractivity contribution is 9.10. The first-order chi connectivity index (χ1) is 10.3. The maximum Gasteiger partial charge on any atom is 0.119 e. The first-order valence-corrected chi connectivity index (χ1v) is 8.14. The van der Waals surface area contributed by atoms with E-state index >= 15 is 0 Å². The highest BCUT2D eigenvalue weighted by Gasteiger charge is 2.09. The molecule has 0 saturated heterocycles. The van der Waals surface area contributed by atoms with Crippen molar-refractivity contribution in [2.45, 2.75) is 12.8 Å². The van der Waals surface area contributed by atoms with E-state index in [1.54, 1.807) is 0 Å². The van der Waals surface area contributed by atoms with Crippen LogP contribution in [0, 0.1) is 5.92 Å². The molecule has 0 aliphatic rings. The fraction of sp³-hybridized carbons (Fsp3) is 0.333. The summed E-state index contributed by atoms with van der Waals surface area (Å²) in [6, 6.07) is 18.6. The molecule has 0 aromatic heterocycles. The van der Waals surface area contributed by atoms with E-state index in [1.165, 1.54) is 5.56 Å². The molecule has 2 nitrogen and oxygen atoms in total. The predicted molar refractivity (Wildman–Crippen MR) is 91.8 cm³/mol. The first-order valence-electron chi connectivity index (χ1n) is 7.35. The Hall–Kier alpha value is -1.32. The van der Waals surface area contributed by atoms with Gasteiger partial charge in [-0.1, -0.05) is 46.3 Å². The number of rotatable bonds is 8. The van der Waals surface area contributed by atoms with E-state index in [4.69, 9.17) is 4.74 Å². The summed E-state index contributed by atoms with van der Waals surface area (Å²) in [6.07, 6.45) is 2.14. The van der Waals surface area contributed by atoms with Crippen molar-refractivity contribution in [2.75, 3.05) is 20.2 Å². The average molecular weight is 348 g/mol. The van der Waals surface area contributed by atoms with Gasteiger partial charge in [-0.2, -0.15) is 0 Å². The molecule has 0 fully saturated rings. The Morgan fingerprint density at radius 2 is 1.76 bits per heavy atom. The zero-order valence-corrected chi connectivity index (χ0v) is 14.0. The van der Waals surface area contributed by atoms with Crippen LogP contribution >= 0.6 is 15.9 Å². The van der Waals surface area contributed by atoms with Gasteiger partial charge in [0.05, 0.1) is 6.61 Å². The summed E-state index contributed by atoms with van der Waals surface area (Å²) >= 11 is 3.43. The molecule has 2 aromatic rings. The SMILES string of the molecule is CNCC(CCOc1ccc(Br)cc1)Cc1ccccc1. The molecule has 0 aliphatic heterocycles. The van der Waals surface area contributed by atoms with E-state index in [-0.39, 0.29) is 0 Å². The molecule has 0 bridgehead atoms. The second-order valence-electron chi connectivity index (χ2n) is 5.20. The normalized spacial score (nSPS) is 12.1. The van der Waals surface area contributed by atoms with Gasteiger partial charge in [-0.25, -0.2) is 0 Å². The highest BCUT2D eigenvalue weighted by Crippen LogP contribution is 2.17. The molecular formula is C18H22BrNO. The summed E-state index contributed by atoms with van der Waals surface area (Å²) in [6.45, 7) is 1.76. The Balaban J connectivity index is 1.81. The molecule has 1 N–H and O–H groups in total. The van der Waals surface area contributed by atoms with Crippen LogP contribution < -0.4 is 10.1 Å². The molecule has 2 rings (SSSR count). The number of hydrogen-bond acceptors (Lipinski definition) is 2. The van der Waals surface area contributed by atoms with E-state index < -0.39 is 0 Å². The molecule has 1 unspecified atom stereocenters. The summed E-state index contributed by atoms with van der Waals surface area (Å²) in [5.74, 6) is 1.52. The second kappa shape index (κ2) is 8.85. The fourth-order valence-electron chi connectivity index (χ4n) is 2.39. The van der Waals surface area contributed by atoms with Crippen molar-refractivity contribution in [3.63, 3.8) is 0 Å². The summed E-state index contributed by atoms with van der Waals surface area (Å²) < 4.78 is 6.90. The summed E-state index contributed by atoms with van der Waals surface area (Å²) in [5.41, 5.74) is 1.39. The third-order valence-electron chi connectivity index (χ3n) is 3.47. The summed E-state index contributed by atoms with van der Waals surface area (Å²) in [4.78, 5) is 0. The highest BCUT2D eigenvalue weighted by atomic mass is 79.9. The van der Waals surface area contributed by atoms with Crippen LogP contribution in [0.4, 0.5) is 0 Å². The lowest BCUT2D eigenvalue weighted by atomic mass is 9.96. The minimum atomic E-state index is 0.591. The van der Waals surface area contributed by atoms with Crippen LogP contribution in [0.5, 0.6) is 5.75 Å². The van der Waals surface area contributed by atoms with E-state index in [1.807, 2.05) is 31.3 Å². The van der Waals surface area contributed by atoms with Crippen LogP contribution in [0.3, 0.4) is 0 Å². The van der Waals surface area contributed by atoms with Gasteiger partial charge in [0.1, 0.15) is 5.75 Å². The van der Waals surface area contributed by atoms with Gasteiger partial charge in [0.2, 0.25) is 0 Å². The molecule has 112 valence electrons. The largest absolute Gasteiger partial charge is 0.494 e. The van der Waals surface area contributed by atoms with E-state index in [2.05, 4.69) is 51.6 Å². The van der Waals surface area contributed by atoms with Gasteiger partial charge in [0.15, 0.2) is 0 Å². The topological polar surface area (TPSA) is 21.3 Å². The number of benzene rings is 2. The Bertz CT molecular complexity index is 513. The standard InChI is InChI=1S/C18H22BrNO/c1-20-14-16(13-15-5-3-2-4-6-15)11-12-21-18-9-7-17(19)8-10-18/h2-10,16,20H,11-14H2,1H3. The predicted octanol–water partition coefficient (Wildman–Crippen LogP) is 4.30. The van der Waals surface area contributed by atoms with Crippen molar-refractivity contribution in [1.82, 2.24) is 5.32 Å². The molecule has 3 heteroatoms. The molecule has 0 heterocycles. The average Bonchev–Trinajstić information content (AvgIpc) is 2.50. The van der Waals surface area contributed by atoms with E-state index in [0.29, 0.717) is 5.92 Å². The molecule has 0 spiro atoms. The third-order valence-corrected chi connectivity index (χ3v) is 4.00. The molecule has 0 amide bonds. The Morgan fingerprint density at radius 1 is 1.05 bits per heavy atom. The van der Waals surface area contributed by atoms with Gasteiger partial charge >= 0.3 is 0 Å². The third kappa shape index (κ3) is 5.90. The fourth-order valence-corrected chi connectivity index (χ4v) is 2.65. The first kappa shape index (κ1) is 16.1. The molecule has 0 saturated carbocycles. The molecule has 1 atom stereocenters. The monoisotopic (exact) mass is 347 g/mol. The van der Waals surface area contributed by atoms with Gasteiger partial charge in [-0.05, 0) is 62.2 Å². The lowest BCUT2D eigenvalue weighted by Crippen LogP contribution is -2.22. The molecule has 2 aromatic carbocycles. The number of ether oxygens (including phenoxy) is 1. The van der Waals surface area contributed by atoms with Crippen LogP contribution in [0.25, 0.3) is 0 Å². The maximum absolute atomic E-state index is 5.83. The zero-order valence-electron chi connectivity index (χ0n) is 12.4. The Labute approximate surface area is 135 Å². The second-order valence-corrected chi connectivity index (χ2v) is 6.12. The van der Waals surface area contributed by atoms with Crippen LogP contribution in [0.2, 0.25) is 0 Å². The maximum atomic E-state index is 5.83. The van der Waals surface area contributed by atoms with Crippen LogP contribution in [0.15, 0.2) is 59.1 Å². The lowest BCUT2D eigenvalue weighted by Gasteiger charge is -2.17. The van der Waals surface area contributed by atoms with Gasteiger partial charge in [-0.15, -0.1) is 0 Å². The summed E-state index contributed by atoms with van der Waals surface area (Å²) in [7, 11) is 2.01. The number of nitrogens with one attached hydrogen (secondary N) is 1. The van der Waals surface area contributed by atoms with Crippen LogP contribution in [0.1, 0.15) is 12.0 Å². The number of hydrogen-bond donors (Lipinski definition) is 1. The van der Waals surface area contributed by atoms with Crippen molar-refractivity contribution in [3.05, 3.63) is 64.6 Å². The van der Waals surface area contributed by atoms with Crippen molar-refractivity contribution in [3.8, 4) is 5.75 Å². The molecule has 0 aliphatic carbocycles. The van der Waals surface area contributed by atoms with E-state index in [0.717, 1.165) is 36.2 Å².